The van der Waals surface area contributed by atoms with Gasteiger partial charge in [0.15, 0.2) is 11.5 Å². The van der Waals surface area contributed by atoms with E-state index in [4.69, 9.17) is 9.47 Å². The van der Waals surface area contributed by atoms with Crippen LogP contribution in [0, 0.1) is 0 Å². The summed E-state index contributed by atoms with van der Waals surface area (Å²) in [5.74, 6) is 0.939. The zero-order valence-electron chi connectivity index (χ0n) is 15.4. The summed E-state index contributed by atoms with van der Waals surface area (Å²) in [5, 5.41) is 8.78. The summed E-state index contributed by atoms with van der Waals surface area (Å²) in [6.45, 7) is 0.471. The molecule has 1 heterocycles. The molecule has 0 spiro atoms. The summed E-state index contributed by atoms with van der Waals surface area (Å²) in [7, 11) is 3.18. The van der Waals surface area contributed by atoms with Crippen LogP contribution < -0.4 is 25.4 Å². The van der Waals surface area contributed by atoms with Gasteiger partial charge in [-0.2, -0.15) is 0 Å². The molecule has 2 aromatic rings. The van der Waals surface area contributed by atoms with E-state index in [2.05, 4.69) is 16.0 Å². The van der Waals surface area contributed by atoms with Crippen molar-refractivity contribution >= 4 is 23.2 Å². The highest BCUT2D eigenvalue weighted by Crippen LogP contribution is 2.28. The molecule has 2 aromatic carbocycles. The lowest BCUT2D eigenvalue weighted by Gasteiger charge is -2.26. The third-order valence-electron chi connectivity index (χ3n) is 4.40. The van der Waals surface area contributed by atoms with Gasteiger partial charge in [-0.25, -0.2) is 0 Å². The summed E-state index contributed by atoms with van der Waals surface area (Å²) in [6, 6.07) is 12.5. The molecule has 0 aromatic heterocycles. The fourth-order valence-corrected chi connectivity index (χ4v) is 2.97. The maximum Gasteiger partial charge on any atom is 0.247 e. The molecule has 3 rings (SSSR count). The third kappa shape index (κ3) is 4.49. The minimum atomic E-state index is -0.582. The lowest BCUT2D eigenvalue weighted by Crippen LogP contribution is -2.42. The maximum absolute atomic E-state index is 12.2. The summed E-state index contributed by atoms with van der Waals surface area (Å²) >= 11 is 0. The third-order valence-corrected chi connectivity index (χ3v) is 4.40. The summed E-state index contributed by atoms with van der Waals surface area (Å²) in [6.07, 6.45) is 0.728. The van der Waals surface area contributed by atoms with E-state index in [0.717, 1.165) is 16.9 Å². The highest BCUT2D eigenvalue weighted by Gasteiger charge is 2.27. The molecule has 7 nitrogen and oxygen atoms in total. The molecule has 1 aliphatic heterocycles. The van der Waals surface area contributed by atoms with Crippen molar-refractivity contribution < 1.29 is 19.1 Å². The number of benzene rings is 2. The molecule has 2 amide bonds. The Morgan fingerprint density at radius 3 is 2.56 bits per heavy atom. The van der Waals surface area contributed by atoms with E-state index >= 15 is 0 Å². The zero-order valence-corrected chi connectivity index (χ0v) is 15.4. The fraction of sp³-hybridized carbons (Fsp3) is 0.300. The number of fused-ring (bicyclic) bond motifs is 1. The molecule has 7 heteroatoms. The number of hydrogen-bond donors (Lipinski definition) is 3. The van der Waals surface area contributed by atoms with Crippen LogP contribution >= 0.6 is 0 Å². The predicted octanol–water partition coefficient (Wildman–Crippen LogP) is 2.19. The number of carbonyl (C=O) groups excluding carboxylic acids is 2. The number of carbonyl (C=O) groups is 2. The second-order valence-corrected chi connectivity index (χ2v) is 6.23. The molecule has 0 bridgehead atoms. The molecule has 0 radical (unpaired) electrons. The van der Waals surface area contributed by atoms with E-state index in [-0.39, 0.29) is 18.2 Å². The molecule has 1 aliphatic rings. The Hall–Kier alpha value is -3.22. The van der Waals surface area contributed by atoms with Gasteiger partial charge in [0.2, 0.25) is 11.8 Å². The van der Waals surface area contributed by atoms with Gasteiger partial charge in [-0.1, -0.05) is 18.2 Å². The number of para-hydroxylation sites is 2. The van der Waals surface area contributed by atoms with Gasteiger partial charge >= 0.3 is 0 Å². The van der Waals surface area contributed by atoms with Gasteiger partial charge < -0.3 is 25.4 Å². The molecule has 0 saturated heterocycles. The lowest BCUT2D eigenvalue weighted by molar-refractivity contribution is -0.124. The Balaban J connectivity index is 1.50. The normalized spacial score (nSPS) is 15.2. The standard InChI is InChI=1S/C20H23N3O4/c1-26-17-8-7-13(11-18(17)27-2)9-10-21-19(24)12-16-20(25)23-15-6-4-3-5-14(15)22-16/h3-8,11,16,22H,9-10,12H2,1-2H3,(H,21,24)(H,23,25)/t16-/m1/s1. The summed E-state index contributed by atoms with van der Waals surface area (Å²) in [5.41, 5.74) is 2.57. The van der Waals surface area contributed by atoms with Gasteiger partial charge in [0.25, 0.3) is 0 Å². The SMILES string of the molecule is COc1ccc(CCNC(=O)C[C@H]2Nc3ccccc3NC2=O)cc1OC. The molecule has 142 valence electrons. The van der Waals surface area contributed by atoms with E-state index in [1.165, 1.54) is 0 Å². The Bertz CT molecular complexity index is 838. The Kier molecular flexibility index (Phi) is 5.80. The van der Waals surface area contributed by atoms with E-state index in [0.29, 0.717) is 24.5 Å². The van der Waals surface area contributed by atoms with Crippen LogP contribution in [0.2, 0.25) is 0 Å². The van der Waals surface area contributed by atoms with Crippen LogP contribution in [0.4, 0.5) is 11.4 Å². The molecular weight excluding hydrogens is 346 g/mol. The van der Waals surface area contributed by atoms with Crippen LogP contribution in [-0.4, -0.2) is 38.6 Å². The van der Waals surface area contributed by atoms with E-state index in [1.54, 1.807) is 14.2 Å². The second-order valence-electron chi connectivity index (χ2n) is 6.23. The van der Waals surface area contributed by atoms with E-state index in [9.17, 15) is 9.59 Å². The van der Waals surface area contributed by atoms with Crippen molar-refractivity contribution in [3.63, 3.8) is 0 Å². The van der Waals surface area contributed by atoms with Crippen LogP contribution in [-0.2, 0) is 16.0 Å². The molecular formula is C20H23N3O4. The van der Waals surface area contributed by atoms with Crippen LogP contribution in [0.25, 0.3) is 0 Å². The minimum Gasteiger partial charge on any atom is -0.493 e. The van der Waals surface area contributed by atoms with Crippen LogP contribution in [0.15, 0.2) is 42.5 Å². The van der Waals surface area contributed by atoms with Gasteiger partial charge in [0, 0.05) is 6.54 Å². The first kappa shape index (κ1) is 18.6. The number of hydrogen-bond acceptors (Lipinski definition) is 5. The Morgan fingerprint density at radius 1 is 1.07 bits per heavy atom. The number of amides is 2. The van der Waals surface area contributed by atoms with Crippen molar-refractivity contribution in [3.8, 4) is 11.5 Å². The predicted molar refractivity (Wildman–Crippen MR) is 103 cm³/mol. The smallest absolute Gasteiger partial charge is 0.247 e. The van der Waals surface area contributed by atoms with Gasteiger partial charge in [-0.15, -0.1) is 0 Å². The number of rotatable bonds is 7. The Morgan fingerprint density at radius 2 is 1.81 bits per heavy atom. The van der Waals surface area contributed by atoms with Crippen molar-refractivity contribution in [2.24, 2.45) is 0 Å². The molecule has 27 heavy (non-hydrogen) atoms. The van der Waals surface area contributed by atoms with Crippen molar-refractivity contribution in [1.29, 1.82) is 0 Å². The van der Waals surface area contributed by atoms with Crippen LogP contribution in [0.3, 0.4) is 0 Å². The molecule has 1 atom stereocenters. The first-order valence-corrected chi connectivity index (χ1v) is 8.74. The highest BCUT2D eigenvalue weighted by atomic mass is 16.5. The largest absolute Gasteiger partial charge is 0.493 e. The molecule has 0 fully saturated rings. The zero-order chi connectivity index (χ0) is 19.2. The monoisotopic (exact) mass is 369 g/mol. The first-order chi connectivity index (χ1) is 13.1. The van der Waals surface area contributed by atoms with E-state index in [1.807, 2.05) is 42.5 Å². The van der Waals surface area contributed by atoms with Gasteiger partial charge in [-0.05, 0) is 36.2 Å². The topological polar surface area (TPSA) is 88.7 Å². The number of nitrogens with one attached hydrogen (secondary N) is 3. The molecule has 3 N–H and O–H groups in total. The average molecular weight is 369 g/mol. The van der Waals surface area contributed by atoms with Crippen molar-refractivity contribution in [3.05, 3.63) is 48.0 Å². The van der Waals surface area contributed by atoms with Crippen LogP contribution in [0.5, 0.6) is 11.5 Å². The minimum absolute atomic E-state index is 0.0755. The summed E-state index contributed by atoms with van der Waals surface area (Å²) in [4.78, 5) is 24.3. The molecule has 0 saturated carbocycles. The first-order valence-electron chi connectivity index (χ1n) is 8.74. The maximum atomic E-state index is 12.2. The fourth-order valence-electron chi connectivity index (χ4n) is 2.97. The van der Waals surface area contributed by atoms with Gasteiger partial charge in [-0.3, -0.25) is 9.59 Å². The number of ether oxygens (including phenoxy) is 2. The quantitative estimate of drug-likeness (QED) is 0.696. The van der Waals surface area contributed by atoms with Gasteiger partial charge in [0.1, 0.15) is 6.04 Å². The second kappa shape index (κ2) is 8.44. The summed E-state index contributed by atoms with van der Waals surface area (Å²) < 4.78 is 10.5. The van der Waals surface area contributed by atoms with Crippen LogP contribution in [0.1, 0.15) is 12.0 Å². The lowest BCUT2D eigenvalue weighted by atomic mass is 10.1. The highest BCUT2D eigenvalue weighted by molar-refractivity contribution is 6.04. The van der Waals surface area contributed by atoms with Crippen molar-refractivity contribution in [2.75, 3.05) is 31.4 Å². The number of methoxy groups -OCH3 is 2. The Labute approximate surface area is 158 Å². The molecule has 0 aliphatic carbocycles. The average Bonchev–Trinajstić information content (AvgIpc) is 2.68. The van der Waals surface area contributed by atoms with Crippen molar-refractivity contribution in [2.45, 2.75) is 18.9 Å². The number of anilines is 2. The van der Waals surface area contributed by atoms with Gasteiger partial charge in [0.05, 0.1) is 32.0 Å². The van der Waals surface area contributed by atoms with Crippen molar-refractivity contribution in [1.82, 2.24) is 5.32 Å². The van der Waals surface area contributed by atoms with E-state index < -0.39 is 6.04 Å². The molecule has 0 unspecified atom stereocenters.